The molecule has 0 saturated carbocycles. The van der Waals surface area contributed by atoms with Gasteiger partial charge in [-0.3, -0.25) is 6.07 Å². The van der Waals surface area contributed by atoms with E-state index in [-0.39, 0.29) is 75.8 Å². The number of benzene rings is 3. The summed E-state index contributed by atoms with van der Waals surface area (Å²) in [6.07, 6.45) is 0.160. The van der Waals surface area contributed by atoms with E-state index in [1.807, 2.05) is 12.1 Å². The zero-order valence-electron chi connectivity index (χ0n) is 23.5. The first kappa shape index (κ1) is 43.5. The Balaban J connectivity index is -0.000000327. The predicted molar refractivity (Wildman–Crippen MR) is 143 cm³/mol. The van der Waals surface area contributed by atoms with Crippen LogP contribution in [-0.4, -0.2) is 18.5 Å². The quantitative estimate of drug-likeness (QED) is 0.234. The third-order valence-corrected chi connectivity index (χ3v) is 4.44. The first-order valence-corrected chi connectivity index (χ1v) is 10.7. The maximum Gasteiger partial charge on any atom is 1.00 e. The topological polar surface area (TPSA) is 43.9 Å². The van der Waals surface area contributed by atoms with E-state index < -0.39 is 6.17 Å². The van der Waals surface area contributed by atoms with E-state index in [0.717, 1.165) is 0 Å². The number of hydrogen-bond acceptors (Lipinski definition) is 2. The molecule has 190 valence electrons. The van der Waals surface area contributed by atoms with Crippen LogP contribution in [0.4, 0.5) is 14.5 Å². The van der Waals surface area contributed by atoms with Crippen molar-refractivity contribution in [3.63, 3.8) is 0 Å². The Morgan fingerprint density at radius 2 is 1.71 bits per heavy atom. The number of hydrogen-bond donors (Lipinski definition) is 0. The van der Waals surface area contributed by atoms with Crippen molar-refractivity contribution >= 4 is 18.1 Å². The molecule has 1 unspecified atom stereocenters. The van der Waals surface area contributed by atoms with Crippen molar-refractivity contribution in [1.29, 1.82) is 0 Å². The Morgan fingerprint density at radius 1 is 1.08 bits per heavy atom. The zero-order valence-corrected chi connectivity index (χ0v) is 23.5. The maximum absolute atomic E-state index is 13.4. The monoisotopic (exact) mass is 495 g/mol. The van der Waals surface area contributed by atoms with Crippen LogP contribution < -0.4 is 61.3 Å². The van der Waals surface area contributed by atoms with Crippen LogP contribution in [0.1, 0.15) is 49.6 Å². The van der Waals surface area contributed by atoms with Gasteiger partial charge in [-0.15, -0.1) is 37.1 Å². The normalized spacial score (nSPS) is 9.66. The summed E-state index contributed by atoms with van der Waals surface area (Å²) in [6.45, 7) is 15.9. The molecule has 0 heterocycles. The number of halogens is 2. The van der Waals surface area contributed by atoms with Gasteiger partial charge in [0, 0.05) is 11.9 Å². The number of rotatable bonds is 8. The molecule has 3 rings (SSSR count). The van der Waals surface area contributed by atoms with Crippen LogP contribution in [0.25, 0.3) is 5.41 Å². The van der Waals surface area contributed by atoms with Crippen LogP contribution in [0.5, 0.6) is 5.75 Å². The smallest absolute Gasteiger partial charge is 0.855 e. The molecule has 0 spiro atoms. The van der Waals surface area contributed by atoms with Crippen LogP contribution in [0.15, 0.2) is 71.7 Å². The second-order valence-corrected chi connectivity index (χ2v) is 6.94. The molecule has 38 heavy (non-hydrogen) atoms. The first-order chi connectivity index (χ1) is 16.4. The molecule has 0 bridgehead atoms. The Labute approximate surface area is 265 Å². The molecule has 1 atom stereocenters. The van der Waals surface area contributed by atoms with Crippen molar-refractivity contribution in [2.75, 3.05) is 0 Å². The van der Waals surface area contributed by atoms with Crippen LogP contribution in [0.3, 0.4) is 0 Å². The van der Waals surface area contributed by atoms with Crippen molar-refractivity contribution in [1.82, 2.24) is 0 Å². The summed E-state index contributed by atoms with van der Waals surface area (Å²) in [5, 5.41) is 10.4. The SMILES string of the molecule is C[CH-]F.[CH-]=Nc1[c-]cccc1.[CH2-]CC(C[CH2-])Oc1c[c-]c(C(=[N-])c2cccc(C(C)F)c2)cc1.[CH3-].[Li+].[Li+].[Li+]. The standard InChI is InChI=1S/C20H20FNO.C7H5N.C2H4F.CH3.3Li/c1-4-18(5-2)23-19-11-9-15(10-12-19)20(22)17-8-6-7-16(13-17)14(3)21;1-8-7-5-3-2-4-6-7;1-2-3;;;;/h6-9,11-14,18H,1-2,4-5H2,3H3;1-5H;2H,1H3;1H3;;;/q-4;-2;2*-1;3*+1. The molecule has 3 aromatic rings. The second-order valence-electron chi connectivity index (χ2n) is 6.94. The number of ether oxygens (including phenoxy) is 1. The maximum atomic E-state index is 13.4. The van der Waals surface area contributed by atoms with E-state index in [2.05, 4.69) is 31.0 Å². The summed E-state index contributed by atoms with van der Waals surface area (Å²) in [5.74, 6) is 0.657. The van der Waals surface area contributed by atoms with Gasteiger partial charge in [0.25, 0.3) is 0 Å². The van der Waals surface area contributed by atoms with Gasteiger partial charge < -0.3 is 40.8 Å². The molecule has 0 radical (unpaired) electrons. The molecule has 0 aromatic heterocycles. The van der Waals surface area contributed by atoms with Gasteiger partial charge in [0.15, 0.2) is 0 Å². The van der Waals surface area contributed by atoms with Crippen molar-refractivity contribution in [3.8, 4) is 5.75 Å². The van der Waals surface area contributed by atoms with E-state index >= 15 is 0 Å². The summed E-state index contributed by atoms with van der Waals surface area (Å²) in [5.41, 5.74) is 2.37. The zero-order chi connectivity index (χ0) is 25.3. The molecule has 0 fully saturated rings. The van der Waals surface area contributed by atoms with Gasteiger partial charge in [-0.25, -0.2) is 21.9 Å². The number of nitrogens with zero attached hydrogens (tertiary/aromatic N) is 2. The van der Waals surface area contributed by atoms with Gasteiger partial charge in [-0.1, -0.05) is 29.8 Å². The molecule has 0 saturated heterocycles. The van der Waals surface area contributed by atoms with Gasteiger partial charge in [-0.2, -0.15) is 44.1 Å². The van der Waals surface area contributed by atoms with E-state index in [4.69, 9.17) is 11.5 Å². The Kier molecular flexibility index (Phi) is 29.4. The fraction of sp³-hybridized carbons (Fsp3) is 0.200. The molecule has 0 N–H and O–H groups in total. The van der Waals surface area contributed by atoms with Crippen LogP contribution in [-0.2, 0) is 0 Å². The van der Waals surface area contributed by atoms with E-state index in [0.29, 0.717) is 47.6 Å². The molecule has 0 aliphatic rings. The summed E-state index contributed by atoms with van der Waals surface area (Å²) >= 11 is 0. The summed E-state index contributed by atoms with van der Waals surface area (Å²) in [6, 6.07) is 25.1. The molecule has 0 aliphatic carbocycles. The Morgan fingerprint density at radius 3 is 2.13 bits per heavy atom. The number of para-hydroxylation sites is 1. The third-order valence-electron chi connectivity index (χ3n) is 4.44. The molecule has 0 amide bonds. The van der Waals surface area contributed by atoms with Crippen molar-refractivity contribution < 1.29 is 70.1 Å². The molecule has 3 nitrogen and oxygen atoms in total. The first-order valence-electron chi connectivity index (χ1n) is 10.7. The van der Waals surface area contributed by atoms with Crippen LogP contribution in [0.2, 0.25) is 0 Å². The van der Waals surface area contributed by atoms with E-state index in [1.54, 1.807) is 54.6 Å². The average Bonchev–Trinajstić information content (AvgIpc) is 2.88. The fourth-order valence-corrected chi connectivity index (χ4v) is 2.64. The van der Waals surface area contributed by atoms with Crippen molar-refractivity contribution in [2.24, 2.45) is 4.99 Å². The van der Waals surface area contributed by atoms with Gasteiger partial charge in [0.2, 0.25) is 0 Å². The second kappa shape index (κ2) is 25.7. The van der Waals surface area contributed by atoms with E-state index in [9.17, 15) is 14.2 Å². The van der Waals surface area contributed by atoms with Crippen LogP contribution >= 0.6 is 0 Å². The average molecular weight is 495 g/mol. The third kappa shape index (κ3) is 16.4. The van der Waals surface area contributed by atoms with Crippen LogP contribution in [0, 0.1) is 40.1 Å². The summed E-state index contributed by atoms with van der Waals surface area (Å²) in [7, 11) is 0. The molecule has 8 heteroatoms. The minimum Gasteiger partial charge on any atom is -0.855 e. The summed E-state index contributed by atoms with van der Waals surface area (Å²) < 4.78 is 29.3. The van der Waals surface area contributed by atoms with Crippen molar-refractivity contribution in [3.05, 3.63) is 129 Å². The predicted octanol–water partition coefficient (Wildman–Crippen LogP) is -0.584. The molecular formula is C30H32F2Li3N2O-5. The van der Waals surface area contributed by atoms with E-state index in [1.165, 1.54) is 13.8 Å². The minimum atomic E-state index is -1.08. The minimum absolute atomic E-state index is 0. The molecule has 0 aliphatic heterocycles. The molecular weight excluding hydrogens is 463 g/mol. The largest absolute Gasteiger partial charge is 1.00 e. The van der Waals surface area contributed by atoms with Gasteiger partial charge >= 0.3 is 56.6 Å². The van der Waals surface area contributed by atoms with Gasteiger partial charge in [-0.05, 0) is 12.5 Å². The fourth-order valence-electron chi connectivity index (χ4n) is 2.64. The van der Waals surface area contributed by atoms with Crippen molar-refractivity contribution in [2.45, 2.75) is 39.0 Å². The number of aliphatic imine (C=N–C) groups is 1. The number of alkyl halides is 1. The summed E-state index contributed by atoms with van der Waals surface area (Å²) in [4.78, 5) is 3.42. The Bertz CT molecular complexity index is 984. The molecule has 3 aromatic carbocycles. The Hall–Kier alpha value is -1.55. The van der Waals surface area contributed by atoms with Gasteiger partial charge in [0.1, 0.15) is 6.17 Å². The van der Waals surface area contributed by atoms with Gasteiger partial charge in [0.05, 0.1) is 0 Å².